The molecule has 1 saturated heterocycles. The number of unbranched alkanes of at least 4 members (excludes halogenated alkanes) is 1. The summed E-state index contributed by atoms with van der Waals surface area (Å²) in [5.41, 5.74) is 4.73. The standard InChI is InChI=1S/C18H23N3O3/c1-2-3-11-20-12-16(22)21(18(20)24)19-17(23)15-10-6-8-13-7-4-5-9-14(13)15/h4-5,7,9,15H,2-3,6,8,10-12H2,1H3,(H,19,23). The maximum atomic E-state index is 12.7. The average molecular weight is 329 g/mol. The van der Waals surface area contributed by atoms with Crippen LogP contribution in [0.5, 0.6) is 0 Å². The van der Waals surface area contributed by atoms with Gasteiger partial charge in [-0.1, -0.05) is 37.6 Å². The SMILES string of the molecule is CCCCN1CC(=O)N(NC(=O)C2CCCc3ccccc32)C1=O. The van der Waals surface area contributed by atoms with Gasteiger partial charge in [-0.2, -0.15) is 5.01 Å². The number of hydrogen-bond acceptors (Lipinski definition) is 3. The van der Waals surface area contributed by atoms with E-state index in [4.69, 9.17) is 0 Å². The number of aryl methyl sites for hydroxylation is 1. The topological polar surface area (TPSA) is 69.7 Å². The van der Waals surface area contributed by atoms with Crippen LogP contribution < -0.4 is 5.43 Å². The molecule has 0 saturated carbocycles. The molecule has 0 bridgehead atoms. The Labute approximate surface area is 141 Å². The van der Waals surface area contributed by atoms with Gasteiger partial charge in [0, 0.05) is 6.54 Å². The van der Waals surface area contributed by atoms with E-state index in [2.05, 4.69) is 5.43 Å². The Morgan fingerprint density at radius 1 is 1.29 bits per heavy atom. The number of imide groups is 1. The Kier molecular flexibility index (Phi) is 4.83. The number of fused-ring (bicyclic) bond motifs is 1. The zero-order valence-corrected chi connectivity index (χ0v) is 14.0. The van der Waals surface area contributed by atoms with E-state index in [1.54, 1.807) is 0 Å². The lowest BCUT2D eigenvalue weighted by atomic mass is 9.82. The van der Waals surface area contributed by atoms with Crippen LogP contribution in [-0.2, 0) is 16.0 Å². The van der Waals surface area contributed by atoms with Crippen molar-refractivity contribution in [1.29, 1.82) is 0 Å². The summed E-state index contributed by atoms with van der Waals surface area (Å²) in [6.07, 6.45) is 4.42. The van der Waals surface area contributed by atoms with Gasteiger partial charge in [0.15, 0.2) is 0 Å². The number of carbonyl (C=O) groups is 3. The molecule has 1 N–H and O–H groups in total. The Hall–Kier alpha value is -2.37. The highest BCUT2D eigenvalue weighted by molar-refractivity contribution is 6.03. The summed E-state index contributed by atoms with van der Waals surface area (Å²) in [6, 6.07) is 7.46. The smallest absolute Gasteiger partial charge is 0.313 e. The fourth-order valence-electron chi connectivity index (χ4n) is 3.40. The molecule has 6 nitrogen and oxygen atoms in total. The molecule has 1 atom stereocenters. The first kappa shape index (κ1) is 16.5. The van der Waals surface area contributed by atoms with Crippen LogP contribution in [-0.4, -0.2) is 40.8 Å². The molecule has 2 aliphatic rings. The van der Waals surface area contributed by atoms with Gasteiger partial charge in [0.1, 0.15) is 6.54 Å². The van der Waals surface area contributed by atoms with Gasteiger partial charge < -0.3 is 4.90 Å². The summed E-state index contributed by atoms with van der Waals surface area (Å²) in [5.74, 6) is -0.949. The van der Waals surface area contributed by atoms with E-state index in [0.29, 0.717) is 6.54 Å². The third kappa shape index (κ3) is 3.13. The predicted molar refractivity (Wildman–Crippen MR) is 89.0 cm³/mol. The minimum absolute atomic E-state index is 0.0420. The Morgan fingerprint density at radius 2 is 2.08 bits per heavy atom. The van der Waals surface area contributed by atoms with Crippen LogP contribution in [0, 0.1) is 0 Å². The number of benzene rings is 1. The predicted octanol–water partition coefficient (Wildman–Crippen LogP) is 2.20. The lowest BCUT2D eigenvalue weighted by molar-refractivity contribution is -0.136. The first-order valence-corrected chi connectivity index (χ1v) is 8.62. The van der Waals surface area contributed by atoms with Crippen molar-refractivity contribution >= 4 is 17.8 Å². The number of carbonyl (C=O) groups excluding carboxylic acids is 3. The summed E-state index contributed by atoms with van der Waals surface area (Å²) in [7, 11) is 0. The molecular formula is C18H23N3O3. The van der Waals surface area contributed by atoms with Gasteiger partial charge >= 0.3 is 6.03 Å². The maximum Gasteiger partial charge on any atom is 0.346 e. The molecule has 3 rings (SSSR count). The second kappa shape index (κ2) is 7.03. The van der Waals surface area contributed by atoms with Crippen molar-refractivity contribution in [3.63, 3.8) is 0 Å². The molecule has 0 spiro atoms. The number of hydrogen-bond donors (Lipinski definition) is 1. The van der Waals surface area contributed by atoms with Gasteiger partial charge in [-0.3, -0.25) is 15.0 Å². The van der Waals surface area contributed by atoms with Gasteiger partial charge in [0.25, 0.3) is 5.91 Å². The molecule has 128 valence electrons. The molecule has 1 aromatic rings. The van der Waals surface area contributed by atoms with Crippen LogP contribution in [0.2, 0.25) is 0 Å². The Morgan fingerprint density at radius 3 is 2.88 bits per heavy atom. The summed E-state index contributed by atoms with van der Waals surface area (Å²) in [6.45, 7) is 2.61. The normalized spacial score (nSPS) is 20.3. The monoisotopic (exact) mass is 329 g/mol. The Bertz CT molecular complexity index is 659. The number of nitrogens with one attached hydrogen (secondary N) is 1. The first-order chi connectivity index (χ1) is 11.6. The van der Waals surface area contributed by atoms with Crippen LogP contribution in [0.4, 0.5) is 4.79 Å². The van der Waals surface area contributed by atoms with Crippen LogP contribution in [0.1, 0.15) is 49.7 Å². The van der Waals surface area contributed by atoms with Gasteiger partial charge in [-0.25, -0.2) is 4.79 Å². The lowest BCUT2D eigenvalue weighted by Crippen LogP contribution is -2.48. The highest BCUT2D eigenvalue weighted by Crippen LogP contribution is 2.31. The van der Waals surface area contributed by atoms with E-state index in [0.717, 1.165) is 42.7 Å². The summed E-state index contributed by atoms with van der Waals surface area (Å²) >= 11 is 0. The first-order valence-electron chi connectivity index (χ1n) is 8.62. The molecule has 1 unspecified atom stereocenters. The molecule has 1 heterocycles. The fourth-order valence-corrected chi connectivity index (χ4v) is 3.40. The third-order valence-corrected chi connectivity index (χ3v) is 4.73. The van der Waals surface area contributed by atoms with Crippen molar-refractivity contribution < 1.29 is 14.4 Å². The molecule has 1 aliphatic heterocycles. The van der Waals surface area contributed by atoms with E-state index in [-0.39, 0.29) is 24.3 Å². The minimum Gasteiger partial charge on any atom is -0.313 e. The quantitative estimate of drug-likeness (QED) is 0.842. The number of nitrogens with zero attached hydrogens (tertiary/aromatic N) is 2. The highest BCUT2D eigenvalue weighted by atomic mass is 16.2. The second-order valence-corrected chi connectivity index (χ2v) is 6.41. The lowest BCUT2D eigenvalue weighted by Gasteiger charge is -2.26. The second-order valence-electron chi connectivity index (χ2n) is 6.41. The molecule has 1 aliphatic carbocycles. The fraction of sp³-hybridized carbons (Fsp3) is 0.500. The van der Waals surface area contributed by atoms with E-state index in [1.165, 1.54) is 10.5 Å². The van der Waals surface area contributed by atoms with E-state index < -0.39 is 6.03 Å². The van der Waals surface area contributed by atoms with E-state index in [9.17, 15) is 14.4 Å². The van der Waals surface area contributed by atoms with Crippen LogP contribution >= 0.6 is 0 Å². The van der Waals surface area contributed by atoms with Gasteiger partial charge in [-0.05, 0) is 36.8 Å². The largest absolute Gasteiger partial charge is 0.346 e. The van der Waals surface area contributed by atoms with Crippen molar-refractivity contribution in [2.45, 2.75) is 44.9 Å². The number of rotatable bonds is 5. The van der Waals surface area contributed by atoms with Crippen molar-refractivity contribution in [2.75, 3.05) is 13.1 Å². The van der Waals surface area contributed by atoms with E-state index >= 15 is 0 Å². The molecule has 1 fully saturated rings. The molecule has 24 heavy (non-hydrogen) atoms. The zero-order chi connectivity index (χ0) is 17.1. The van der Waals surface area contributed by atoms with Crippen LogP contribution in [0.25, 0.3) is 0 Å². The summed E-state index contributed by atoms with van der Waals surface area (Å²) in [5, 5.41) is 0.884. The minimum atomic E-state index is -0.425. The molecule has 1 aromatic carbocycles. The number of hydrazine groups is 1. The molecule has 6 heteroatoms. The molecular weight excluding hydrogens is 306 g/mol. The average Bonchev–Trinajstić information content (AvgIpc) is 2.86. The van der Waals surface area contributed by atoms with Crippen molar-refractivity contribution in [1.82, 2.24) is 15.3 Å². The highest BCUT2D eigenvalue weighted by Gasteiger charge is 2.38. The van der Waals surface area contributed by atoms with Crippen molar-refractivity contribution in [2.24, 2.45) is 0 Å². The maximum absolute atomic E-state index is 12.7. The summed E-state index contributed by atoms with van der Waals surface area (Å²) < 4.78 is 0. The van der Waals surface area contributed by atoms with E-state index in [1.807, 2.05) is 31.2 Å². The number of amides is 4. The molecule has 4 amide bonds. The van der Waals surface area contributed by atoms with Crippen LogP contribution in [0.15, 0.2) is 24.3 Å². The van der Waals surface area contributed by atoms with Crippen molar-refractivity contribution in [3.05, 3.63) is 35.4 Å². The van der Waals surface area contributed by atoms with Crippen LogP contribution in [0.3, 0.4) is 0 Å². The van der Waals surface area contributed by atoms with Gasteiger partial charge in [-0.15, -0.1) is 0 Å². The molecule has 0 aromatic heterocycles. The molecule has 0 radical (unpaired) electrons. The van der Waals surface area contributed by atoms with Crippen molar-refractivity contribution in [3.8, 4) is 0 Å². The number of urea groups is 1. The summed E-state index contributed by atoms with van der Waals surface area (Å²) in [4.78, 5) is 38.5. The van der Waals surface area contributed by atoms with Gasteiger partial charge in [0.2, 0.25) is 5.91 Å². The Balaban J connectivity index is 1.69. The zero-order valence-electron chi connectivity index (χ0n) is 14.0. The van der Waals surface area contributed by atoms with Gasteiger partial charge in [0.05, 0.1) is 5.92 Å². The third-order valence-electron chi connectivity index (χ3n) is 4.73.